The van der Waals surface area contributed by atoms with Crippen LogP contribution in [0.4, 0.5) is 0 Å². The maximum absolute atomic E-state index is 10.7. The van der Waals surface area contributed by atoms with Gasteiger partial charge in [-0.1, -0.05) is 34.9 Å². The smallest absolute Gasteiger partial charge is 0.387 e. The Morgan fingerprint density at radius 1 is 1.24 bits per heavy atom. The number of carboxylic acids is 1. The van der Waals surface area contributed by atoms with Crippen molar-refractivity contribution in [1.29, 1.82) is 0 Å². The summed E-state index contributed by atoms with van der Waals surface area (Å²) in [5.41, 5.74) is 1.18. The third-order valence-corrected chi connectivity index (χ3v) is 3.42. The quantitative estimate of drug-likeness (QED) is 0.578. The minimum absolute atomic E-state index is 0.0249. The van der Waals surface area contributed by atoms with Crippen molar-refractivity contribution in [3.63, 3.8) is 0 Å². The number of aliphatic hydroxyl groups is 1. The Bertz CT molecular complexity index is 379. The highest BCUT2D eigenvalue weighted by molar-refractivity contribution is 7.27. The summed E-state index contributed by atoms with van der Waals surface area (Å²) in [5.74, 6) is -1.41. The van der Waals surface area contributed by atoms with Gasteiger partial charge in [-0.25, -0.2) is 4.79 Å². The largest absolute Gasteiger partial charge is 0.476 e. The van der Waals surface area contributed by atoms with E-state index >= 15 is 0 Å². The van der Waals surface area contributed by atoms with Crippen molar-refractivity contribution in [2.24, 2.45) is 0 Å². The molecule has 0 aliphatic rings. The SMILES string of the molecule is O=[PH+]C(O)(CCCCc1ccccc1)C(=O)O. The van der Waals surface area contributed by atoms with Crippen LogP contribution in [0.2, 0.25) is 0 Å². The first-order valence-electron chi connectivity index (χ1n) is 5.47. The lowest BCUT2D eigenvalue weighted by molar-refractivity contribution is -0.150. The van der Waals surface area contributed by atoms with Crippen molar-refractivity contribution >= 4 is 14.4 Å². The van der Waals surface area contributed by atoms with E-state index in [-0.39, 0.29) is 6.42 Å². The summed E-state index contributed by atoms with van der Waals surface area (Å²) in [5, 5.41) is 16.1. The number of carbonyl (C=O) groups is 1. The normalized spacial score (nSPS) is 14.4. The molecule has 2 N–H and O–H groups in total. The molecule has 5 heteroatoms. The summed E-state index contributed by atoms with van der Waals surface area (Å²) >= 11 is 0. The summed E-state index contributed by atoms with van der Waals surface area (Å²) in [4.78, 5) is 10.7. The Balaban J connectivity index is 2.33. The molecule has 1 aromatic carbocycles. The van der Waals surface area contributed by atoms with E-state index < -0.39 is 19.8 Å². The van der Waals surface area contributed by atoms with Gasteiger partial charge in [0.1, 0.15) is 0 Å². The molecule has 0 saturated carbocycles. The molecular weight excluding hydrogens is 239 g/mol. The number of hydrogen-bond donors (Lipinski definition) is 2. The second-order valence-electron chi connectivity index (χ2n) is 3.96. The second-order valence-corrected chi connectivity index (χ2v) is 4.99. The number of carboxylic acid groups (broad SMARTS) is 1. The number of rotatable bonds is 7. The minimum atomic E-state index is -2.07. The first-order valence-corrected chi connectivity index (χ1v) is 6.38. The molecule has 0 bridgehead atoms. The van der Waals surface area contributed by atoms with E-state index in [1.807, 2.05) is 30.3 Å². The average molecular weight is 255 g/mol. The van der Waals surface area contributed by atoms with E-state index in [2.05, 4.69) is 0 Å². The molecule has 4 nitrogen and oxygen atoms in total. The summed E-state index contributed by atoms with van der Waals surface area (Å²) in [6.45, 7) is 0. The molecule has 0 aliphatic heterocycles. The van der Waals surface area contributed by atoms with Crippen LogP contribution in [0.15, 0.2) is 30.3 Å². The van der Waals surface area contributed by atoms with Gasteiger partial charge < -0.3 is 10.2 Å². The highest BCUT2D eigenvalue weighted by atomic mass is 31.1. The van der Waals surface area contributed by atoms with Crippen LogP contribution < -0.4 is 0 Å². The zero-order valence-electron chi connectivity index (χ0n) is 9.43. The molecule has 0 spiro atoms. The predicted molar refractivity (Wildman–Crippen MR) is 65.6 cm³/mol. The minimum Gasteiger partial charge on any atom is -0.476 e. The van der Waals surface area contributed by atoms with Crippen molar-refractivity contribution in [2.75, 3.05) is 0 Å². The van der Waals surface area contributed by atoms with Gasteiger partial charge in [0, 0.05) is 6.42 Å². The monoisotopic (exact) mass is 255 g/mol. The zero-order chi connectivity index (χ0) is 12.7. The van der Waals surface area contributed by atoms with Crippen LogP contribution in [0, 0.1) is 0 Å². The van der Waals surface area contributed by atoms with Crippen molar-refractivity contribution in [3.05, 3.63) is 35.9 Å². The van der Waals surface area contributed by atoms with Crippen LogP contribution in [-0.2, 0) is 15.8 Å². The summed E-state index contributed by atoms with van der Waals surface area (Å²) < 4.78 is 10.7. The first-order chi connectivity index (χ1) is 8.08. The maximum atomic E-state index is 10.7. The van der Waals surface area contributed by atoms with Gasteiger partial charge in [0.05, 0.1) is 0 Å². The Kier molecular flexibility index (Phi) is 5.26. The van der Waals surface area contributed by atoms with Crippen LogP contribution in [0.3, 0.4) is 0 Å². The summed E-state index contributed by atoms with van der Waals surface area (Å²) in [6, 6.07) is 9.83. The van der Waals surface area contributed by atoms with Crippen molar-refractivity contribution in [1.82, 2.24) is 0 Å². The zero-order valence-corrected chi connectivity index (χ0v) is 10.4. The van der Waals surface area contributed by atoms with E-state index in [9.17, 15) is 14.5 Å². The molecule has 2 unspecified atom stereocenters. The topological polar surface area (TPSA) is 74.6 Å². The number of aliphatic carboxylic acids is 1. The fraction of sp³-hybridized carbons (Fsp3) is 0.417. The molecule has 17 heavy (non-hydrogen) atoms. The second kappa shape index (κ2) is 6.48. The van der Waals surface area contributed by atoms with Crippen LogP contribution >= 0.6 is 8.46 Å². The molecule has 0 radical (unpaired) electrons. The molecule has 0 amide bonds. The molecule has 92 valence electrons. The van der Waals surface area contributed by atoms with Gasteiger partial charge in [0.2, 0.25) is 0 Å². The van der Waals surface area contributed by atoms with Crippen molar-refractivity contribution in [3.8, 4) is 0 Å². The van der Waals surface area contributed by atoms with Crippen LogP contribution in [0.1, 0.15) is 24.8 Å². The first kappa shape index (κ1) is 13.8. The van der Waals surface area contributed by atoms with Crippen molar-refractivity contribution < 1.29 is 19.6 Å². The van der Waals surface area contributed by atoms with E-state index in [4.69, 9.17) is 5.11 Å². The lowest BCUT2D eigenvalue weighted by Gasteiger charge is -2.08. The lowest BCUT2D eigenvalue weighted by Crippen LogP contribution is -2.31. The van der Waals surface area contributed by atoms with Crippen LogP contribution in [-0.4, -0.2) is 21.5 Å². The Hall–Kier alpha value is -1.25. The van der Waals surface area contributed by atoms with Gasteiger partial charge in [-0.05, 0) is 24.8 Å². The van der Waals surface area contributed by atoms with E-state index in [0.29, 0.717) is 6.42 Å². The van der Waals surface area contributed by atoms with Gasteiger partial charge >= 0.3 is 19.8 Å². The molecule has 0 aromatic heterocycles. The predicted octanol–water partition coefficient (Wildman–Crippen LogP) is 2.20. The van der Waals surface area contributed by atoms with E-state index in [1.165, 1.54) is 5.56 Å². The molecular formula is C12H16O4P+. The molecule has 0 saturated heterocycles. The average Bonchev–Trinajstić information content (AvgIpc) is 2.35. The Morgan fingerprint density at radius 3 is 2.41 bits per heavy atom. The highest BCUT2D eigenvalue weighted by Crippen LogP contribution is 2.26. The fourth-order valence-corrected chi connectivity index (χ4v) is 1.92. The standard InChI is InChI=1S/C12H15O4P/c13-11(14)12(15,17-16)9-5-4-8-10-6-2-1-3-7-10/h1-3,6-7,15H,4-5,8-9H2,(H,13,14)/p+1. The number of aryl methyl sites for hydroxylation is 1. The van der Waals surface area contributed by atoms with Gasteiger partial charge in [0.25, 0.3) is 0 Å². The fourth-order valence-electron chi connectivity index (χ4n) is 1.56. The Labute approximate surface area is 101 Å². The van der Waals surface area contributed by atoms with Crippen LogP contribution in [0.5, 0.6) is 0 Å². The summed E-state index contributed by atoms with van der Waals surface area (Å²) in [7, 11) is -1.23. The van der Waals surface area contributed by atoms with Gasteiger partial charge in [-0.3, -0.25) is 0 Å². The number of hydrogen-bond acceptors (Lipinski definition) is 3. The maximum Gasteiger partial charge on any atom is 0.387 e. The molecule has 0 fully saturated rings. The number of unbranched alkanes of at least 4 members (excludes halogenated alkanes) is 1. The Morgan fingerprint density at radius 2 is 1.88 bits per heavy atom. The van der Waals surface area contributed by atoms with Crippen LogP contribution in [0.25, 0.3) is 0 Å². The third kappa shape index (κ3) is 4.25. The highest BCUT2D eigenvalue weighted by Gasteiger charge is 2.44. The van der Waals surface area contributed by atoms with Gasteiger partial charge in [-0.2, -0.15) is 0 Å². The molecule has 1 rings (SSSR count). The van der Waals surface area contributed by atoms with E-state index in [1.54, 1.807) is 0 Å². The molecule has 0 heterocycles. The number of benzene rings is 1. The summed E-state index contributed by atoms with van der Waals surface area (Å²) in [6.07, 6.45) is 2.16. The lowest BCUT2D eigenvalue weighted by atomic mass is 10.1. The van der Waals surface area contributed by atoms with Gasteiger partial charge in [0.15, 0.2) is 0 Å². The molecule has 1 aromatic rings. The third-order valence-electron chi connectivity index (χ3n) is 2.62. The van der Waals surface area contributed by atoms with Gasteiger partial charge in [-0.15, -0.1) is 0 Å². The van der Waals surface area contributed by atoms with Crippen molar-refractivity contribution in [2.45, 2.75) is 31.0 Å². The molecule has 0 aliphatic carbocycles. The molecule has 2 atom stereocenters. The van der Waals surface area contributed by atoms with E-state index in [0.717, 1.165) is 12.8 Å².